The number of aryl methyl sites for hydroxylation is 2. The maximum absolute atomic E-state index is 12.3. The highest BCUT2D eigenvalue weighted by molar-refractivity contribution is 5.92. The van der Waals surface area contributed by atoms with Crippen molar-refractivity contribution in [3.63, 3.8) is 0 Å². The summed E-state index contributed by atoms with van der Waals surface area (Å²) in [5.41, 5.74) is 4.87. The Morgan fingerprint density at radius 3 is 2.61 bits per heavy atom. The molecular weight excluding hydrogens is 286 g/mol. The van der Waals surface area contributed by atoms with Gasteiger partial charge in [-0.3, -0.25) is 4.79 Å². The molecule has 0 aliphatic rings. The summed E-state index contributed by atoms with van der Waals surface area (Å²) in [5, 5.41) is 7.26. The molecule has 4 heteroatoms. The highest BCUT2D eigenvalue weighted by Gasteiger charge is 2.10. The molecular formula is C19H19N3O. The number of nitrogens with one attached hydrogen (secondary N) is 1. The van der Waals surface area contributed by atoms with Crippen LogP contribution in [0, 0.1) is 13.8 Å². The first-order chi connectivity index (χ1) is 11.1. The minimum atomic E-state index is -0.167. The van der Waals surface area contributed by atoms with Gasteiger partial charge in [0.05, 0.1) is 5.69 Å². The maximum Gasteiger partial charge on any atom is 0.272 e. The van der Waals surface area contributed by atoms with Crippen LogP contribution in [-0.2, 0) is 6.54 Å². The molecule has 1 amide bonds. The molecule has 3 aromatic rings. The zero-order valence-electron chi connectivity index (χ0n) is 13.3. The summed E-state index contributed by atoms with van der Waals surface area (Å²) in [4.78, 5) is 12.3. The van der Waals surface area contributed by atoms with Crippen molar-refractivity contribution in [2.75, 3.05) is 0 Å². The first-order valence-corrected chi connectivity index (χ1v) is 7.59. The molecule has 1 aromatic heterocycles. The Labute approximate surface area is 135 Å². The predicted molar refractivity (Wildman–Crippen MR) is 90.7 cm³/mol. The normalized spacial score (nSPS) is 10.5. The van der Waals surface area contributed by atoms with Crippen LogP contribution in [0.25, 0.3) is 5.69 Å². The van der Waals surface area contributed by atoms with Crippen LogP contribution >= 0.6 is 0 Å². The number of carbonyl (C=O) groups excluding carboxylic acids is 1. The van der Waals surface area contributed by atoms with Gasteiger partial charge in [0.2, 0.25) is 0 Å². The number of carbonyl (C=O) groups is 1. The van der Waals surface area contributed by atoms with Crippen molar-refractivity contribution in [1.29, 1.82) is 0 Å². The van der Waals surface area contributed by atoms with E-state index < -0.39 is 0 Å². The van der Waals surface area contributed by atoms with Crippen LogP contribution in [0.15, 0.2) is 60.8 Å². The van der Waals surface area contributed by atoms with E-state index in [1.54, 1.807) is 16.9 Å². The minimum Gasteiger partial charge on any atom is -0.347 e. The first kappa shape index (κ1) is 15.0. The number of nitrogens with zero attached hydrogens (tertiary/aromatic N) is 2. The van der Waals surface area contributed by atoms with E-state index in [2.05, 4.69) is 36.4 Å². The largest absolute Gasteiger partial charge is 0.347 e. The topological polar surface area (TPSA) is 46.9 Å². The summed E-state index contributed by atoms with van der Waals surface area (Å²) in [6.07, 6.45) is 1.79. The van der Waals surface area contributed by atoms with Crippen molar-refractivity contribution in [2.45, 2.75) is 20.4 Å². The Hall–Kier alpha value is -2.88. The van der Waals surface area contributed by atoms with Crippen LogP contribution in [-0.4, -0.2) is 15.7 Å². The summed E-state index contributed by atoms with van der Waals surface area (Å²) in [6.45, 7) is 4.62. The monoisotopic (exact) mass is 305 g/mol. The molecule has 0 saturated heterocycles. The summed E-state index contributed by atoms with van der Waals surface area (Å²) in [7, 11) is 0. The number of benzene rings is 2. The third kappa shape index (κ3) is 3.48. The van der Waals surface area contributed by atoms with Crippen molar-refractivity contribution >= 4 is 5.91 Å². The van der Waals surface area contributed by atoms with Crippen LogP contribution in [0.4, 0.5) is 0 Å². The van der Waals surface area contributed by atoms with E-state index in [0.717, 1.165) is 11.3 Å². The fourth-order valence-electron chi connectivity index (χ4n) is 2.48. The van der Waals surface area contributed by atoms with E-state index in [4.69, 9.17) is 0 Å². The third-order valence-electron chi connectivity index (χ3n) is 3.78. The molecule has 1 heterocycles. The molecule has 3 rings (SSSR count). The molecule has 2 aromatic carbocycles. The number of rotatable bonds is 4. The highest BCUT2D eigenvalue weighted by Crippen LogP contribution is 2.11. The molecule has 23 heavy (non-hydrogen) atoms. The van der Waals surface area contributed by atoms with Gasteiger partial charge in [-0.15, -0.1) is 0 Å². The van der Waals surface area contributed by atoms with Gasteiger partial charge in [0.1, 0.15) is 0 Å². The van der Waals surface area contributed by atoms with Gasteiger partial charge in [-0.25, -0.2) is 4.68 Å². The zero-order valence-corrected chi connectivity index (χ0v) is 13.3. The molecule has 4 nitrogen and oxygen atoms in total. The Balaban J connectivity index is 1.68. The van der Waals surface area contributed by atoms with Crippen LogP contribution in [0.2, 0.25) is 0 Å². The van der Waals surface area contributed by atoms with Gasteiger partial charge in [0, 0.05) is 12.7 Å². The Morgan fingerprint density at radius 1 is 1.09 bits per heavy atom. The molecule has 116 valence electrons. The molecule has 0 spiro atoms. The van der Waals surface area contributed by atoms with Gasteiger partial charge in [-0.1, -0.05) is 42.0 Å². The smallest absolute Gasteiger partial charge is 0.272 e. The highest BCUT2D eigenvalue weighted by atomic mass is 16.1. The van der Waals surface area contributed by atoms with Crippen molar-refractivity contribution < 1.29 is 4.79 Å². The van der Waals surface area contributed by atoms with E-state index in [1.165, 1.54) is 11.1 Å². The maximum atomic E-state index is 12.3. The molecule has 0 aliphatic heterocycles. The first-order valence-electron chi connectivity index (χ1n) is 7.59. The van der Waals surface area contributed by atoms with Gasteiger partial charge in [0.25, 0.3) is 5.91 Å². The standard InChI is InChI=1S/C19H19N3O/c1-14-8-9-16(15(2)12-14)13-20-19(23)18-10-11-22(21-18)17-6-4-3-5-7-17/h3-12H,13H2,1-2H3,(H,20,23). The number of hydrogen-bond donors (Lipinski definition) is 1. The lowest BCUT2D eigenvalue weighted by molar-refractivity contribution is 0.0945. The van der Waals surface area contributed by atoms with E-state index in [-0.39, 0.29) is 5.91 Å². The zero-order chi connectivity index (χ0) is 16.2. The molecule has 0 radical (unpaired) electrons. The number of aromatic nitrogens is 2. The summed E-state index contributed by atoms with van der Waals surface area (Å²) < 4.78 is 1.70. The van der Waals surface area contributed by atoms with Crippen LogP contribution < -0.4 is 5.32 Å². The second kappa shape index (κ2) is 6.48. The lowest BCUT2D eigenvalue weighted by atomic mass is 10.1. The van der Waals surface area contributed by atoms with E-state index in [1.807, 2.05) is 36.4 Å². The lowest BCUT2D eigenvalue weighted by Gasteiger charge is -2.08. The van der Waals surface area contributed by atoms with Crippen molar-refractivity contribution in [3.05, 3.63) is 83.2 Å². The lowest BCUT2D eigenvalue weighted by Crippen LogP contribution is -2.23. The van der Waals surface area contributed by atoms with Gasteiger partial charge >= 0.3 is 0 Å². The van der Waals surface area contributed by atoms with E-state index in [0.29, 0.717) is 12.2 Å². The van der Waals surface area contributed by atoms with Gasteiger partial charge in [-0.2, -0.15) is 5.10 Å². The molecule has 1 N–H and O–H groups in total. The Morgan fingerprint density at radius 2 is 1.87 bits per heavy atom. The number of para-hydroxylation sites is 1. The predicted octanol–water partition coefficient (Wildman–Crippen LogP) is 3.42. The third-order valence-corrected chi connectivity index (χ3v) is 3.78. The Kier molecular flexibility index (Phi) is 4.24. The van der Waals surface area contributed by atoms with Gasteiger partial charge in [-0.05, 0) is 43.2 Å². The second-order valence-corrected chi connectivity index (χ2v) is 5.59. The van der Waals surface area contributed by atoms with Crippen molar-refractivity contribution in [3.8, 4) is 5.69 Å². The molecule has 0 saturated carbocycles. The van der Waals surface area contributed by atoms with Gasteiger partial charge in [0.15, 0.2) is 5.69 Å². The average Bonchev–Trinajstić information content (AvgIpc) is 3.05. The molecule has 0 unspecified atom stereocenters. The molecule has 0 aliphatic carbocycles. The average molecular weight is 305 g/mol. The van der Waals surface area contributed by atoms with Gasteiger partial charge < -0.3 is 5.32 Å². The SMILES string of the molecule is Cc1ccc(CNC(=O)c2ccn(-c3ccccc3)n2)c(C)c1. The summed E-state index contributed by atoms with van der Waals surface area (Å²) >= 11 is 0. The van der Waals surface area contributed by atoms with Crippen LogP contribution in [0.3, 0.4) is 0 Å². The fraction of sp³-hybridized carbons (Fsp3) is 0.158. The molecule has 0 bridgehead atoms. The van der Waals surface area contributed by atoms with Crippen molar-refractivity contribution in [1.82, 2.24) is 15.1 Å². The summed E-state index contributed by atoms with van der Waals surface area (Å²) in [5.74, 6) is -0.167. The van der Waals surface area contributed by atoms with Crippen LogP contribution in [0.1, 0.15) is 27.2 Å². The minimum absolute atomic E-state index is 0.167. The van der Waals surface area contributed by atoms with E-state index >= 15 is 0 Å². The second-order valence-electron chi connectivity index (χ2n) is 5.59. The molecule has 0 fully saturated rings. The number of hydrogen-bond acceptors (Lipinski definition) is 2. The Bertz CT molecular complexity index is 822. The molecule has 0 atom stereocenters. The summed E-state index contributed by atoms with van der Waals surface area (Å²) in [6, 6.07) is 17.7. The van der Waals surface area contributed by atoms with Crippen molar-refractivity contribution in [2.24, 2.45) is 0 Å². The van der Waals surface area contributed by atoms with Crippen LogP contribution in [0.5, 0.6) is 0 Å². The quantitative estimate of drug-likeness (QED) is 0.803. The number of amides is 1. The van der Waals surface area contributed by atoms with E-state index in [9.17, 15) is 4.79 Å². The fourth-order valence-corrected chi connectivity index (χ4v) is 2.48.